The minimum absolute atomic E-state index is 0.394. The number of thiophene rings is 2. The van der Waals surface area contributed by atoms with Crippen molar-refractivity contribution >= 4 is 34.6 Å². The van der Waals surface area contributed by atoms with Crippen molar-refractivity contribution in [2.75, 3.05) is 20.3 Å². The van der Waals surface area contributed by atoms with Crippen LogP contribution in [-0.4, -0.2) is 48.6 Å². The van der Waals surface area contributed by atoms with Gasteiger partial charge in [0.2, 0.25) is 0 Å². The van der Waals surface area contributed by atoms with Crippen molar-refractivity contribution < 1.29 is 38.4 Å². The highest BCUT2D eigenvalue weighted by atomic mass is 32.1. The van der Waals surface area contributed by atoms with Crippen molar-refractivity contribution in [1.82, 2.24) is 0 Å². The van der Waals surface area contributed by atoms with E-state index in [9.17, 15) is 14.7 Å². The number of methoxy groups -OCH3 is 1. The summed E-state index contributed by atoms with van der Waals surface area (Å²) in [6, 6.07) is 36.7. The average Bonchev–Trinajstić information content (AvgIpc) is 3.90. The molecule has 0 aliphatic carbocycles. The molecule has 318 valence electrons. The van der Waals surface area contributed by atoms with Crippen LogP contribution in [0.4, 0.5) is 0 Å². The van der Waals surface area contributed by atoms with Gasteiger partial charge in [-0.15, -0.1) is 22.7 Å². The Hall–Kier alpha value is -5.26. The number of carbonyl (C=O) groups is 2. The molecule has 0 saturated heterocycles. The standard InChI is InChI=1S/C26H28O4S.C25H26O4S/c1-26(2,3)30-23(25(27)28-4)20-16-22(17-9-6-5-7-10-17)31-24(20)19-12-13-21-18(15-19)11-8-14-29-21;1-25(2,3)29-22(24(26)27)19-15-21(16-8-5-4-6-9-16)30-23(19)18-11-12-20-17(14-18)10-7-13-28-20/h5-7,9-10,12-13,15-16,23H,8,11,14H2,1-4H3;4-6,8-9,11-12,14-15,22H,7,10,13H2,1-3H3,(H,26,27). The van der Waals surface area contributed by atoms with Gasteiger partial charge in [0, 0.05) is 30.6 Å². The van der Waals surface area contributed by atoms with Gasteiger partial charge in [-0.05, 0) is 149 Å². The summed E-state index contributed by atoms with van der Waals surface area (Å²) in [6.45, 7) is 13.0. The Morgan fingerprint density at radius 2 is 1.02 bits per heavy atom. The minimum atomic E-state index is -1.04. The lowest BCUT2D eigenvalue weighted by Crippen LogP contribution is -2.28. The zero-order valence-electron chi connectivity index (χ0n) is 35.9. The van der Waals surface area contributed by atoms with E-state index in [4.69, 9.17) is 23.7 Å². The van der Waals surface area contributed by atoms with Gasteiger partial charge < -0.3 is 28.8 Å². The van der Waals surface area contributed by atoms with Crippen LogP contribution in [-0.2, 0) is 36.6 Å². The molecular formula is C51H54O8S2. The zero-order valence-corrected chi connectivity index (χ0v) is 37.5. The molecule has 1 N–H and O–H groups in total. The number of ether oxygens (including phenoxy) is 5. The number of fused-ring (bicyclic) bond motifs is 2. The third-order valence-electron chi connectivity index (χ3n) is 10.1. The summed E-state index contributed by atoms with van der Waals surface area (Å²) in [5.41, 5.74) is 7.06. The van der Waals surface area contributed by atoms with Crippen LogP contribution in [0.25, 0.3) is 41.8 Å². The molecule has 2 atom stereocenters. The van der Waals surface area contributed by atoms with Crippen LogP contribution in [0.3, 0.4) is 0 Å². The summed E-state index contributed by atoms with van der Waals surface area (Å²) < 4.78 is 28.9. The Morgan fingerprint density at radius 3 is 1.43 bits per heavy atom. The van der Waals surface area contributed by atoms with Gasteiger partial charge in [-0.1, -0.05) is 60.7 Å². The fourth-order valence-electron chi connectivity index (χ4n) is 7.44. The van der Waals surface area contributed by atoms with Gasteiger partial charge in [-0.3, -0.25) is 0 Å². The van der Waals surface area contributed by atoms with Crippen LogP contribution < -0.4 is 9.47 Å². The molecule has 0 saturated carbocycles. The van der Waals surface area contributed by atoms with E-state index in [1.54, 1.807) is 22.7 Å². The molecule has 0 bridgehead atoms. The number of carboxylic acid groups (broad SMARTS) is 1. The van der Waals surface area contributed by atoms with E-state index in [1.165, 1.54) is 18.2 Å². The molecule has 0 radical (unpaired) electrons. The highest BCUT2D eigenvalue weighted by Crippen LogP contribution is 2.46. The first-order valence-corrected chi connectivity index (χ1v) is 22.4. The number of hydrogen-bond acceptors (Lipinski definition) is 9. The van der Waals surface area contributed by atoms with E-state index in [2.05, 4.69) is 36.4 Å². The van der Waals surface area contributed by atoms with Gasteiger partial charge in [0.25, 0.3) is 0 Å². The summed E-state index contributed by atoms with van der Waals surface area (Å²) in [5, 5.41) is 9.99. The Labute approximate surface area is 367 Å². The maximum atomic E-state index is 12.8. The molecule has 0 fully saturated rings. The van der Waals surface area contributed by atoms with Crippen molar-refractivity contribution in [3.05, 3.63) is 131 Å². The van der Waals surface area contributed by atoms with Crippen LogP contribution >= 0.6 is 22.7 Å². The molecule has 61 heavy (non-hydrogen) atoms. The quantitative estimate of drug-likeness (QED) is 0.136. The number of hydrogen-bond donors (Lipinski definition) is 1. The monoisotopic (exact) mass is 858 g/mol. The maximum Gasteiger partial charge on any atom is 0.339 e. The molecule has 2 unspecified atom stereocenters. The summed E-state index contributed by atoms with van der Waals surface area (Å²) in [7, 11) is 1.40. The van der Waals surface area contributed by atoms with Crippen molar-refractivity contribution in [2.45, 2.75) is 90.6 Å². The molecule has 4 aromatic carbocycles. The summed E-state index contributed by atoms with van der Waals surface area (Å²) >= 11 is 3.27. The lowest BCUT2D eigenvalue weighted by molar-refractivity contribution is -0.164. The third kappa shape index (κ3) is 10.8. The number of benzene rings is 4. The average molecular weight is 859 g/mol. The van der Waals surface area contributed by atoms with Gasteiger partial charge in [-0.2, -0.15) is 0 Å². The summed E-state index contributed by atoms with van der Waals surface area (Å²) in [5.74, 6) is 0.499. The molecule has 6 aromatic rings. The van der Waals surface area contributed by atoms with Gasteiger partial charge in [0.15, 0.2) is 12.2 Å². The summed E-state index contributed by atoms with van der Waals surface area (Å²) in [4.78, 5) is 29.1. The number of rotatable bonds is 10. The van der Waals surface area contributed by atoms with Crippen LogP contribution in [0.2, 0.25) is 0 Å². The Kier molecular flexibility index (Phi) is 13.5. The Morgan fingerprint density at radius 1 is 0.590 bits per heavy atom. The first kappa shape index (κ1) is 43.8. The predicted molar refractivity (Wildman–Crippen MR) is 245 cm³/mol. The van der Waals surface area contributed by atoms with E-state index >= 15 is 0 Å². The van der Waals surface area contributed by atoms with Crippen molar-refractivity contribution in [3.8, 4) is 53.3 Å². The third-order valence-corrected chi connectivity index (χ3v) is 12.6. The van der Waals surface area contributed by atoms with Crippen molar-refractivity contribution in [2.24, 2.45) is 0 Å². The topological polar surface area (TPSA) is 101 Å². The van der Waals surface area contributed by atoms with Gasteiger partial charge in [0.1, 0.15) is 11.5 Å². The van der Waals surface area contributed by atoms with Gasteiger partial charge in [0.05, 0.1) is 31.5 Å². The second-order valence-corrected chi connectivity index (χ2v) is 19.3. The van der Waals surface area contributed by atoms with Crippen LogP contribution in [0, 0.1) is 0 Å². The maximum absolute atomic E-state index is 12.8. The second-order valence-electron chi connectivity index (χ2n) is 17.2. The molecule has 10 heteroatoms. The highest BCUT2D eigenvalue weighted by molar-refractivity contribution is 7.19. The molecule has 2 aliphatic rings. The van der Waals surface area contributed by atoms with Crippen LogP contribution in [0.5, 0.6) is 11.5 Å². The highest BCUT2D eigenvalue weighted by Gasteiger charge is 2.33. The number of aryl methyl sites for hydroxylation is 2. The molecule has 8 rings (SSSR count). The SMILES string of the molecule is CC(C)(C)OC(C(=O)O)c1cc(-c2ccccc2)sc1-c1ccc2c(c1)CCCO2.COC(=O)C(OC(C)(C)C)c1cc(-c2ccccc2)sc1-c1ccc2c(c1)CCCO2. The first-order valence-electron chi connectivity index (χ1n) is 20.7. The second kappa shape index (κ2) is 18.8. The van der Waals surface area contributed by atoms with E-state index in [-0.39, 0.29) is 0 Å². The molecule has 2 aromatic heterocycles. The summed E-state index contributed by atoms with van der Waals surface area (Å²) in [6.07, 6.45) is 2.13. The lowest BCUT2D eigenvalue weighted by atomic mass is 9.99. The van der Waals surface area contributed by atoms with E-state index in [1.807, 2.05) is 114 Å². The van der Waals surface area contributed by atoms with Crippen molar-refractivity contribution in [3.63, 3.8) is 0 Å². The molecule has 4 heterocycles. The predicted octanol–water partition coefficient (Wildman–Crippen LogP) is 12.8. The first-order chi connectivity index (χ1) is 29.2. The normalized spacial score (nSPS) is 14.5. The van der Waals surface area contributed by atoms with Crippen molar-refractivity contribution in [1.29, 1.82) is 0 Å². The minimum Gasteiger partial charge on any atom is -0.493 e. The zero-order chi connectivity index (χ0) is 43.3. The number of carboxylic acids is 1. The largest absolute Gasteiger partial charge is 0.493 e. The Balaban J connectivity index is 0.000000184. The smallest absolute Gasteiger partial charge is 0.339 e. The number of aliphatic carboxylic acids is 1. The fourth-order valence-corrected chi connectivity index (χ4v) is 9.82. The van der Waals surface area contributed by atoms with Crippen LogP contribution in [0.15, 0.2) is 109 Å². The molecule has 8 nitrogen and oxygen atoms in total. The van der Waals surface area contributed by atoms with Crippen LogP contribution in [0.1, 0.15) is 88.8 Å². The van der Waals surface area contributed by atoms with E-state index in [0.717, 1.165) is 97.7 Å². The van der Waals surface area contributed by atoms with E-state index < -0.39 is 35.3 Å². The molecule has 0 amide bonds. The van der Waals surface area contributed by atoms with Gasteiger partial charge >= 0.3 is 11.9 Å². The van der Waals surface area contributed by atoms with Gasteiger partial charge in [-0.25, -0.2) is 9.59 Å². The fraction of sp³-hybridized carbons (Fsp3) is 0.333. The molecule has 2 aliphatic heterocycles. The lowest BCUT2D eigenvalue weighted by Gasteiger charge is -2.26. The van der Waals surface area contributed by atoms with E-state index in [0.29, 0.717) is 5.56 Å². The number of carbonyl (C=O) groups excluding carboxylic acids is 1. The Bertz CT molecular complexity index is 2450. The molecule has 0 spiro atoms. The molecular weight excluding hydrogens is 805 g/mol. The number of esters is 1.